The van der Waals surface area contributed by atoms with Gasteiger partial charge in [0.15, 0.2) is 0 Å². The van der Waals surface area contributed by atoms with Crippen molar-refractivity contribution in [1.29, 1.82) is 0 Å². The zero-order valence-electron chi connectivity index (χ0n) is 23.9. The first-order chi connectivity index (χ1) is 21.8. The maximum absolute atomic E-state index is 2.41. The van der Waals surface area contributed by atoms with E-state index < -0.39 is 0 Å². The molecule has 0 aliphatic heterocycles. The molecule has 200 valence electrons. The van der Waals surface area contributed by atoms with E-state index in [1.165, 1.54) is 109 Å². The predicted octanol–water partition coefficient (Wildman–Crippen LogP) is 11.8. The molecule has 11 rings (SSSR count). The van der Waals surface area contributed by atoms with Crippen LogP contribution in [-0.4, -0.2) is 0 Å². The molecule has 0 heteroatoms. The summed E-state index contributed by atoms with van der Waals surface area (Å²) in [5, 5.41) is 16.1. The van der Waals surface area contributed by atoms with E-state index in [2.05, 4.69) is 146 Å². The Labute approximate surface area is 254 Å². The molecule has 0 fully saturated rings. The van der Waals surface area contributed by atoms with Crippen LogP contribution >= 0.6 is 0 Å². The molecular weight excluding hydrogens is 528 g/mol. The predicted molar refractivity (Wildman–Crippen MR) is 189 cm³/mol. The van der Waals surface area contributed by atoms with Crippen molar-refractivity contribution in [3.63, 3.8) is 0 Å². The van der Waals surface area contributed by atoms with Crippen molar-refractivity contribution in [1.82, 2.24) is 0 Å². The second kappa shape index (κ2) is 8.01. The van der Waals surface area contributed by atoms with Crippen LogP contribution in [0.25, 0.3) is 87.9 Å². The van der Waals surface area contributed by atoms with Crippen molar-refractivity contribution in [2.75, 3.05) is 0 Å². The maximum Gasteiger partial charge on any atom is -0.00141 e. The Kier molecular flexibility index (Phi) is 4.15. The Balaban J connectivity index is 1.19. The van der Waals surface area contributed by atoms with E-state index in [0.29, 0.717) is 0 Å². The monoisotopic (exact) mass is 552 g/mol. The van der Waals surface area contributed by atoms with Crippen LogP contribution in [0.4, 0.5) is 0 Å². The van der Waals surface area contributed by atoms with Crippen LogP contribution in [0.1, 0.15) is 33.4 Å². The summed E-state index contributed by atoms with van der Waals surface area (Å²) in [5.74, 6) is 0. The third kappa shape index (κ3) is 2.74. The van der Waals surface area contributed by atoms with E-state index in [4.69, 9.17) is 0 Å². The van der Waals surface area contributed by atoms with Crippen LogP contribution in [0, 0.1) is 0 Å². The van der Waals surface area contributed by atoms with Gasteiger partial charge in [-0.1, -0.05) is 133 Å². The fraction of sp³-hybridized carbons (Fsp3) is 0. The minimum Gasteiger partial charge on any atom is -0.0616 e. The normalized spacial score (nSPS) is 13.7. The van der Waals surface area contributed by atoms with Gasteiger partial charge in [-0.3, -0.25) is 0 Å². The zero-order valence-corrected chi connectivity index (χ0v) is 23.9. The van der Waals surface area contributed by atoms with E-state index in [0.717, 1.165) is 0 Å². The Morgan fingerprint density at radius 2 is 0.659 bits per heavy atom. The van der Waals surface area contributed by atoms with E-state index >= 15 is 0 Å². The van der Waals surface area contributed by atoms with Crippen molar-refractivity contribution in [3.8, 4) is 0 Å². The molecule has 0 saturated heterocycles. The third-order valence-corrected chi connectivity index (χ3v) is 10.3. The second-order valence-corrected chi connectivity index (χ2v) is 12.4. The first-order valence-electron chi connectivity index (χ1n) is 15.4. The van der Waals surface area contributed by atoms with E-state index in [1.54, 1.807) is 0 Å². The van der Waals surface area contributed by atoms with Gasteiger partial charge in [0.1, 0.15) is 0 Å². The summed E-state index contributed by atoms with van der Waals surface area (Å²) in [6, 6.07) is 49.8. The highest BCUT2D eigenvalue weighted by molar-refractivity contribution is 6.38. The number of fused-ring (bicyclic) bond motifs is 4. The van der Waals surface area contributed by atoms with E-state index in [1.807, 2.05) is 0 Å². The fourth-order valence-corrected chi connectivity index (χ4v) is 8.46. The van der Waals surface area contributed by atoms with Crippen LogP contribution in [0.15, 0.2) is 133 Å². The topological polar surface area (TPSA) is 0 Å². The van der Waals surface area contributed by atoms with Crippen LogP contribution in [-0.2, 0) is 0 Å². The molecule has 9 aromatic carbocycles. The fourth-order valence-electron chi connectivity index (χ4n) is 8.46. The molecular formula is C44H24. The molecule has 0 bridgehead atoms. The van der Waals surface area contributed by atoms with Gasteiger partial charge in [-0.05, 0) is 121 Å². The molecule has 2 aliphatic carbocycles. The quantitative estimate of drug-likeness (QED) is 0.148. The summed E-state index contributed by atoms with van der Waals surface area (Å²) in [4.78, 5) is 0. The minimum absolute atomic E-state index is 1.28. The summed E-state index contributed by atoms with van der Waals surface area (Å²) < 4.78 is 0. The van der Waals surface area contributed by atoms with Crippen LogP contribution in [0.2, 0.25) is 0 Å². The molecule has 0 unspecified atom stereocenters. The SMILES string of the molecule is C1=C(c2cccc3ccccc23)c2ccc3c4ccc5c6c(ccc(c7ccc1c2c73)c64)C(c1cccc2ccccc12)=C5. The number of rotatable bonds is 2. The third-order valence-electron chi connectivity index (χ3n) is 10.3. The highest BCUT2D eigenvalue weighted by Crippen LogP contribution is 2.51. The summed E-state index contributed by atoms with van der Waals surface area (Å²) in [6.45, 7) is 0. The Morgan fingerprint density at radius 1 is 0.250 bits per heavy atom. The molecule has 0 radical (unpaired) electrons. The lowest BCUT2D eigenvalue weighted by Gasteiger charge is -2.18. The molecule has 2 aliphatic rings. The first kappa shape index (κ1) is 22.8. The molecule has 0 nitrogen and oxygen atoms in total. The summed E-state index contributed by atoms with van der Waals surface area (Å²) in [7, 11) is 0. The average Bonchev–Trinajstić information content (AvgIpc) is 3.66. The van der Waals surface area contributed by atoms with Crippen molar-refractivity contribution in [2.45, 2.75) is 0 Å². The standard InChI is InChI=1S/C44H24/c1-3-11-29-25(7-1)9-5-13-31(29)39-23-27-15-17-33-36-20-22-38-40(32-14-6-10-26-8-2-4-12-30(26)32)24-28-16-18-34(44(36)42(28)38)35-19-21-37(39)41(27)43(33)35/h1-24H. The Bertz CT molecular complexity index is 2580. The van der Waals surface area contributed by atoms with E-state index in [-0.39, 0.29) is 0 Å². The van der Waals surface area contributed by atoms with Gasteiger partial charge in [0.05, 0.1) is 0 Å². The Hall–Kier alpha value is -5.72. The summed E-state index contributed by atoms with van der Waals surface area (Å²) >= 11 is 0. The van der Waals surface area contributed by atoms with Gasteiger partial charge in [0.2, 0.25) is 0 Å². The van der Waals surface area contributed by atoms with Crippen LogP contribution < -0.4 is 0 Å². The minimum atomic E-state index is 1.28. The Morgan fingerprint density at radius 3 is 1.14 bits per heavy atom. The van der Waals surface area contributed by atoms with Gasteiger partial charge in [-0.15, -0.1) is 0 Å². The highest BCUT2D eigenvalue weighted by Gasteiger charge is 2.26. The lowest BCUT2D eigenvalue weighted by Crippen LogP contribution is -1.92. The smallest absolute Gasteiger partial charge is 0.00141 e. The highest BCUT2D eigenvalue weighted by atomic mass is 14.3. The van der Waals surface area contributed by atoms with Gasteiger partial charge < -0.3 is 0 Å². The number of benzene rings is 9. The van der Waals surface area contributed by atoms with Crippen molar-refractivity contribution < 1.29 is 0 Å². The van der Waals surface area contributed by atoms with Gasteiger partial charge in [0, 0.05) is 0 Å². The molecule has 0 heterocycles. The molecule has 0 amide bonds. The van der Waals surface area contributed by atoms with Gasteiger partial charge >= 0.3 is 0 Å². The van der Waals surface area contributed by atoms with Gasteiger partial charge in [0.25, 0.3) is 0 Å². The van der Waals surface area contributed by atoms with Gasteiger partial charge in [-0.2, -0.15) is 0 Å². The lowest BCUT2D eigenvalue weighted by molar-refractivity contribution is 1.66. The lowest BCUT2D eigenvalue weighted by atomic mass is 9.85. The largest absolute Gasteiger partial charge is 0.0616 e. The van der Waals surface area contributed by atoms with Crippen molar-refractivity contribution in [2.24, 2.45) is 0 Å². The molecule has 0 spiro atoms. The van der Waals surface area contributed by atoms with Crippen molar-refractivity contribution in [3.05, 3.63) is 167 Å². The average molecular weight is 553 g/mol. The summed E-state index contributed by atoms with van der Waals surface area (Å²) in [6.07, 6.45) is 4.82. The van der Waals surface area contributed by atoms with E-state index in [9.17, 15) is 0 Å². The first-order valence-corrected chi connectivity index (χ1v) is 15.4. The maximum atomic E-state index is 2.41. The van der Waals surface area contributed by atoms with Gasteiger partial charge in [-0.25, -0.2) is 0 Å². The molecule has 44 heavy (non-hydrogen) atoms. The number of hydrogen-bond donors (Lipinski definition) is 0. The van der Waals surface area contributed by atoms with Crippen LogP contribution in [0.5, 0.6) is 0 Å². The molecule has 0 atom stereocenters. The molecule has 0 aromatic heterocycles. The zero-order chi connectivity index (χ0) is 28.5. The van der Waals surface area contributed by atoms with Crippen molar-refractivity contribution >= 4 is 87.9 Å². The molecule has 0 saturated carbocycles. The summed E-state index contributed by atoms with van der Waals surface area (Å²) in [5.41, 5.74) is 10.6. The van der Waals surface area contributed by atoms with Crippen LogP contribution in [0.3, 0.4) is 0 Å². The number of hydrogen-bond acceptors (Lipinski definition) is 0. The molecule has 9 aromatic rings. The molecule has 0 N–H and O–H groups in total. The second-order valence-electron chi connectivity index (χ2n) is 12.4.